The molecule has 2 amide bonds. The van der Waals surface area contributed by atoms with E-state index < -0.39 is 5.91 Å². The average molecular weight is 429 g/mol. The minimum Gasteiger partial charge on any atom is -0.490 e. The number of aromatic nitrogens is 2. The van der Waals surface area contributed by atoms with Crippen LogP contribution in [0.5, 0.6) is 17.4 Å². The van der Waals surface area contributed by atoms with Gasteiger partial charge in [0.1, 0.15) is 0 Å². The zero-order valence-electron chi connectivity index (χ0n) is 17.7. The highest BCUT2D eigenvalue weighted by molar-refractivity contribution is 5.95. The molecule has 166 valence electrons. The zero-order chi connectivity index (χ0) is 22.1. The molecule has 1 aromatic carbocycles. The van der Waals surface area contributed by atoms with E-state index in [1.165, 1.54) is 13.3 Å². The summed E-state index contributed by atoms with van der Waals surface area (Å²) in [7, 11) is 1.49. The SMILES string of the molecule is CCOc1cc(C(=O)NNc2nccc(OC)n2)ccc1OCC(=O)N1CCCCC1. The first-order valence-electron chi connectivity index (χ1n) is 10.2. The lowest BCUT2D eigenvalue weighted by molar-refractivity contribution is -0.134. The Balaban J connectivity index is 1.61. The largest absolute Gasteiger partial charge is 0.490 e. The van der Waals surface area contributed by atoms with Crippen LogP contribution < -0.4 is 25.1 Å². The molecule has 31 heavy (non-hydrogen) atoms. The highest BCUT2D eigenvalue weighted by atomic mass is 16.5. The maximum Gasteiger partial charge on any atom is 0.269 e. The number of amides is 2. The van der Waals surface area contributed by atoms with Gasteiger partial charge in [0.2, 0.25) is 11.8 Å². The van der Waals surface area contributed by atoms with E-state index in [-0.39, 0.29) is 18.5 Å². The molecule has 0 bridgehead atoms. The third-order valence-corrected chi connectivity index (χ3v) is 4.69. The van der Waals surface area contributed by atoms with Crippen molar-refractivity contribution in [2.45, 2.75) is 26.2 Å². The Bertz CT molecular complexity index is 901. The van der Waals surface area contributed by atoms with Crippen LogP contribution in [0.3, 0.4) is 0 Å². The summed E-state index contributed by atoms with van der Waals surface area (Å²) in [6.45, 7) is 3.68. The quantitative estimate of drug-likeness (QED) is 0.582. The zero-order valence-corrected chi connectivity index (χ0v) is 17.7. The van der Waals surface area contributed by atoms with E-state index in [1.54, 1.807) is 24.3 Å². The van der Waals surface area contributed by atoms with Gasteiger partial charge in [-0.25, -0.2) is 4.98 Å². The molecule has 1 fully saturated rings. The fourth-order valence-corrected chi connectivity index (χ4v) is 3.11. The third-order valence-electron chi connectivity index (χ3n) is 4.69. The molecule has 2 heterocycles. The van der Waals surface area contributed by atoms with Crippen LogP contribution in [0.1, 0.15) is 36.5 Å². The van der Waals surface area contributed by atoms with Crippen molar-refractivity contribution in [3.63, 3.8) is 0 Å². The van der Waals surface area contributed by atoms with E-state index in [0.29, 0.717) is 29.5 Å². The molecule has 3 rings (SSSR count). The number of hydrazine groups is 1. The molecule has 0 atom stereocenters. The monoisotopic (exact) mass is 429 g/mol. The molecule has 10 nitrogen and oxygen atoms in total. The molecular weight excluding hydrogens is 402 g/mol. The number of likely N-dealkylation sites (tertiary alicyclic amines) is 1. The number of anilines is 1. The minimum absolute atomic E-state index is 0.0496. The van der Waals surface area contributed by atoms with Crippen molar-refractivity contribution < 1.29 is 23.8 Å². The van der Waals surface area contributed by atoms with Crippen LogP contribution in [0.4, 0.5) is 5.95 Å². The summed E-state index contributed by atoms with van der Waals surface area (Å²) in [5, 5.41) is 0. The Morgan fingerprint density at radius 2 is 1.90 bits per heavy atom. The summed E-state index contributed by atoms with van der Waals surface area (Å²) in [6.07, 6.45) is 4.70. The predicted octanol–water partition coefficient (Wildman–Crippen LogP) is 2.03. The standard InChI is InChI=1S/C21H27N5O5/c1-3-30-17-13-15(20(28)24-25-21-22-10-9-18(23-21)29-2)7-8-16(17)31-14-19(27)26-11-5-4-6-12-26/h7-10,13H,3-6,11-12,14H2,1-2H3,(H,24,28)(H,22,23,25). The van der Waals surface area contributed by atoms with Gasteiger partial charge in [-0.05, 0) is 44.4 Å². The lowest BCUT2D eigenvalue weighted by Crippen LogP contribution is -2.38. The van der Waals surface area contributed by atoms with Crippen LogP contribution in [0.15, 0.2) is 30.5 Å². The van der Waals surface area contributed by atoms with Crippen molar-refractivity contribution in [3.8, 4) is 17.4 Å². The molecule has 0 radical (unpaired) electrons. The van der Waals surface area contributed by atoms with Gasteiger partial charge in [-0.1, -0.05) is 0 Å². The van der Waals surface area contributed by atoms with Gasteiger partial charge in [0, 0.05) is 30.9 Å². The fraction of sp³-hybridized carbons (Fsp3) is 0.429. The van der Waals surface area contributed by atoms with Gasteiger partial charge in [-0.3, -0.25) is 20.4 Å². The molecule has 1 saturated heterocycles. The van der Waals surface area contributed by atoms with Crippen LogP contribution in [0.2, 0.25) is 0 Å². The molecule has 0 aliphatic carbocycles. The first-order chi connectivity index (χ1) is 15.1. The average Bonchev–Trinajstić information content (AvgIpc) is 2.82. The Morgan fingerprint density at radius 3 is 2.65 bits per heavy atom. The second kappa shape index (κ2) is 11.0. The highest BCUT2D eigenvalue weighted by Crippen LogP contribution is 2.28. The fourth-order valence-electron chi connectivity index (χ4n) is 3.11. The van der Waals surface area contributed by atoms with Crippen LogP contribution in [-0.2, 0) is 4.79 Å². The summed E-state index contributed by atoms with van der Waals surface area (Å²) in [5.74, 6) is 0.890. The number of piperidine rings is 1. The molecule has 1 aromatic heterocycles. The van der Waals surface area contributed by atoms with E-state index in [4.69, 9.17) is 14.2 Å². The van der Waals surface area contributed by atoms with Crippen LogP contribution in [-0.4, -0.2) is 60.1 Å². The van der Waals surface area contributed by atoms with Crippen LogP contribution in [0, 0.1) is 0 Å². The summed E-state index contributed by atoms with van der Waals surface area (Å²) in [5.41, 5.74) is 5.50. The smallest absolute Gasteiger partial charge is 0.269 e. The molecule has 1 aliphatic heterocycles. The molecule has 2 N–H and O–H groups in total. The molecular formula is C21H27N5O5. The first-order valence-corrected chi connectivity index (χ1v) is 10.2. The van der Waals surface area contributed by atoms with Gasteiger partial charge in [-0.2, -0.15) is 4.98 Å². The number of hydrogen-bond donors (Lipinski definition) is 2. The summed E-state index contributed by atoms with van der Waals surface area (Å²) < 4.78 is 16.3. The molecule has 0 saturated carbocycles. The topological polar surface area (TPSA) is 115 Å². The summed E-state index contributed by atoms with van der Waals surface area (Å²) >= 11 is 0. The van der Waals surface area contributed by atoms with E-state index in [2.05, 4.69) is 20.8 Å². The van der Waals surface area contributed by atoms with Gasteiger partial charge in [-0.15, -0.1) is 0 Å². The Kier molecular flexibility index (Phi) is 7.85. The number of benzene rings is 1. The molecule has 2 aromatic rings. The number of carbonyl (C=O) groups is 2. The third kappa shape index (κ3) is 6.21. The Morgan fingerprint density at radius 1 is 1.10 bits per heavy atom. The van der Waals surface area contributed by atoms with E-state index in [0.717, 1.165) is 32.4 Å². The van der Waals surface area contributed by atoms with E-state index >= 15 is 0 Å². The minimum atomic E-state index is -0.414. The van der Waals surface area contributed by atoms with Gasteiger partial charge < -0.3 is 19.1 Å². The number of methoxy groups -OCH3 is 1. The maximum absolute atomic E-state index is 12.5. The van der Waals surface area contributed by atoms with Crippen molar-refractivity contribution in [1.82, 2.24) is 20.3 Å². The van der Waals surface area contributed by atoms with Gasteiger partial charge >= 0.3 is 0 Å². The Labute approximate surface area is 180 Å². The predicted molar refractivity (Wildman–Crippen MR) is 113 cm³/mol. The van der Waals surface area contributed by atoms with Gasteiger partial charge in [0.15, 0.2) is 18.1 Å². The van der Waals surface area contributed by atoms with Crippen LogP contribution in [0.25, 0.3) is 0 Å². The van der Waals surface area contributed by atoms with Crippen molar-refractivity contribution >= 4 is 17.8 Å². The Hall–Kier alpha value is -3.56. The van der Waals surface area contributed by atoms with E-state index in [9.17, 15) is 9.59 Å². The number of carbonyl (C=O) groups excluding carboxylic acids is 2. The number of nitrogens with one attached hydrogen (secondary N) is 2. The lowest BCUT2D eigenvalue weighted by Gasteiger charge is -2.26. The number of rotatable bonds is 9. The summed E-state index contributed by atoms with van der Waals surface area (Å²) in [6, 6.07) is 6.36. The van der Waals surface area contributed by atoms with E-state index in [1.807, 2.05) is 11.8 Å². The normalized spacial score (nSPS) is 13.3. The molecule has 1 aliphatic rings. The van der Waals surface area contributed by atoms with Crippen molar-refractivity contribution in [3.05, 3.63) is 36.0 Å². The van der Waals surface area contributed by atoms with Crippen molar-refractivity contribution in [2.75, 3.05) is 38.8 Å². The van der Waals surface area contributed by atoms with Crippen molar-refractivity contribution in [1.29, 1.82) is 0 Å². The van der Waals surface area contributed by atoms with Gasteiger partial charge in [0.05, 0.1) is 13.7 Å². The first kappa shape index (κ1) is 22.1. The highest BCUT2D eigenvalue weighted by Gasteiger charge is 2.18. The van der Waals surface area contributed by atoms with Gasteiger partial charge in [0.25, 0.3) is 11.8 Å². The molecule has 10 heteroatoms. The lowest BCUT2D eigenvalue weighted by atomic mass is 10.1. The number of hydrogen-bond acceptors (Lipinski definition) is 8. The summed E-state index contributed by atoms with van der Waals surface area (Å²) in [4.78, 5) is 34.7. The maximum atomic E-state index is 12.5. The second-order valence-corrected chi connectivity index (χ2v) is 6.83. The molecule has 0 spiro atoms. The van der Waals surface area contributed by atoms with Crippen LogP contribution >= 0.6 is 0 Å². The number of nitrogens with zero attached hydrogens (tertiary/aromatic N) is 3. The second-order valence-electron chi connectivity index (χ2n) is 6.83. The van der Waals surface area contributed by atoms with Crippen molar-refractivity contribution in [2.24, 2.45) is 0 Å². The number of ether oxygens (including phenoxy) is 3. The molecule has 0 unspecified atom stereocenters.